The minimum absolute atomic E-state index is 0.0328. The van der Waals surface area contributed by atoms with Crippen molar-refractivity contribution >= 4 is 39.1 Å². The fraction of sp³-hybridized carbons (Fsp3) is 0.400. The summed E-state index contributed by atoms with van der Waals surface area (Å²) in [5, 5.41) is 0.693. The molecular weight excluding hydrogens is 287 g/mol. The molecule has 0 heterocycles. The maximum Gasteiger partial charge on any atom is 0.120 e. The standard InChI is InChI=1S/C10H11BrCl2O/c11-10(13)5-2-6-14-9-4-1-3-8(12)7-9/h1,3-4,7,10H,2,5-6H2. The van der Waals surface area contributed by atoms with Gasteiger partial charge in [-0.05, 0) is 31.0 Å². The van der Waals surface area contributed by atoms with Gasteiger partial charge >= 0.3 is 0 Å². The van der Waals surface area contributed by atoms with Crippen molar-refractivity contribution in [3.05, 3.63) is 29.3 Å². The molecule has 1 rings (SSSR count). The Bertz CT molecular complexity index is 279. The van der Waals surface area contributed by atoms with Crippen LogP contribution in [0.2, 0.25) is 5.02 Å². The molecule has 0 N–H and O–H groups in total. The van der Waals surface area contributed by atoms with Crippen LogP contribution in [0.3, 0.4) is 0 Å². The number of halogens is 3. The van der Waals surface area contributed by atoms with Crippen molar-refractivity contribution in [2.75, 3.05) is 6.61 Å². The smallest absolute Gasteiger partial charge is 0.120 e. The second-order valence-electron chi connectivity index (χ2n) is 2.84. The Hall–Kier alpha value is 0.0800. The molecule has 78 valence electrons. The highest BCUT2D eigenvalue weighted by Crippen LogP contribution is 2.18. The first-order valence-electron chi connectivity index (χ1n) is 4.35. The van der Waals surface area contributed by atoms with E-state index < -0.39 is 0 Å². The van der Waals surface area contributed by atoms with E-state index in [1.807, 2.05) is 18.2 Å². The first kappa shape index (κ1) is 12.2. The molecule has 0 spiro atoms. The maximum absolute atomic E-state index is 5.80. The van der Waals surface area contributed by atoms with E-state index in [4.69, 9.17) is 27.9 Å². The molecule has 0 saturated carbocycles. The van der Waals surface area contributed by atoms with Gasteiger partial charge in [-0.3, -0.25) is 0 Å². The minimum atomic E-state index is 0.0328. The lowest BCUT2D eigenvalue weighted by molar-refractivity contribution is 0.309. The van der Waals surface area contributed by atoms with Crippen LogP contribution in [0.5, 0.6) is 5.75 Å². The zero-order valence-corrected chi connectivity index (χ0v) is 10.6. The SMILES string of the molecule is Clc1cccc(OCCCC(Cl)Br)c1. The van der Waals surface area contributed by atoms with Crippen LogP contribution in [0, 0.1) is 0 Å². The summed E-state index contributed by atoms with van der Waals surface area (Å²) in [7, 11) is 0. The van der Waals surface area contributed by atoms with Gasteiger partial charge < -0.3 is 4.74 Å². The predicted molar refractivity (Wildman–Crippen MR) is 64.7 cm³/mol. The summed E-state index contributed by atoms with van der Waals surface area (Å²) in [5.41, 5.74) is 0. The van der Waals surface area contributed by atoms with Gasteiger partial charge in [-0.25, -0.2) is 0 Å². The normalized spacial score (nSPS) is 12.5. The Morgan fingerprint density at radius 1 is 1.43 bits per heavy atom. The molecule has 4 heteroatoms. The molecule has 0 aliphatic heterocycles. The second-order valence-corrected chi connectivity index (χ2v) is 5.43. The summed E-state index contributed by atoms with van der Waals surface area (Å²) in [6.07, 6.45) is 1.81. The van der Waals surface area contributed by atoms with Gasteiger partial charge in [0.15, 0.2) is 0 Å². The summed E-state index contributed by atoms with van der Waals surface area (Å²) in [5.74, 6) is 0.804. The zero-order valence-electron chi connectivity index (χ0n) is 7.55. The van der Waals surface area contributed by atoms with E-state index in [1.165, 1.54) is 0 Å². The van der Waals surface area contributed by atoms with Gasteiger partial charge in [0.25, 0.3) is 0 Å². The molecule has 14 heavy (non-hydrogen) atoms. The lowest BCUT2D eigenvalue weighted by atomic mass is 10.3. The van der Waals surface area contributed by atoms with E-state index >= 15 is 0 Å². The van der Waals surface area contributed by atoms with Gasteiger partial charge in [-0.1, -0.05) is 33.6 Å². The molecule has 0 radical (unpaired) electrons. The highest BCUT2D eigenvalue weighted by atomic mass is 79.9. The van der Waals surface area contributed by atoms with E-state index in [0.29, 0.717) is 11.6 Å². The van der Waals surface area contributed by atoms with Crippen molar-refractivity contribution in [2.45, 2.75) is 17.1 Å². The molecular formula is C10H11BrCl2O. The zero-order chi connectivity index (χ0) is 10.4. The molecule has 0 aromatic heterocycles. The molecule has 1 aromatic carbocycles. The lowest BCUT2D eigenvalue weighted by Crippen LogP contribution is -1.99. The number of hydrogen-bond acceptors (Lipinski definition) is 1. The van der Waals surface area contributed by atoms with Crippen LogP contribution in [0.1, 0.15) is 12.8 Å². The average Bonchev–Trinajstić information content (AvgIpc) is 2.12. The van der Waals surface area contributed by atoms with Crippen molar-refractivity contribution in [1.29, 1.82) is 0 Å². The van der Waals surface area contributed by atoms with Crippen molar-refractivity contribution in [2.24, 2.45) is 0 Å². The van der Waals surface area contributed by atoms with E-state index in [0.717, 1.165) is 18.6 Å². The molecule has 1 atom stereocenters. The van der Waals surface area contributed by atoms with Gasteiger partial charge in [0.05, 0.1) is 10.9 Å². The number of benzene rings is 1. The van der Waals surface area contributed by atoms with Gasteiger partial charge in [0, 0.05) is 5.02 Å². The van der Waals surface area contributed by atoms with Crippen LogP contribution in [-0.2, 0) is 0 Å². The largest absolute Gasteiger partial charge is 0.494 e. The second kappa shape index (κ2) is 6.54. The molecule has 0 aliphatic rings. The monoisotopic (exact) mass is 296 g/mol. The van der Waals surface area contributed by atoms with Gasteiger partial charge in [0.2, 0.25) is 0 Å². The fourth-order valence-corrected chi connectivity index (χ4v) is 1.64. The molecule has 0 fully saturated rings. The van der Waals surface area contributed by atoms with Gasteiger partial charge in [-0.2, -0.15) is 0 Å². The fourth-order valence-electron chi connectivity index (χ4n) is 0.984. The summed E-state index contributed by atoms with van der Waals surface area (Å²) in [4.78, 5) is 0. The molecule has 1 aromatic rings. The van der Waals surface area contributed by atoms with Crippen molar-refractivity contribution < 1.29 is 4.74 Å². The van der Waals surface area contributed by atoms with Crippen LogP contribution in [-0.4, -0.2) is 10.9 Å². The van der Waals surface area contributed by atoms with Crippen LogP contribution >= 0.6 is 39.1 Å². The van der Waals surface area contributed by atoms with Crippen molar-refractivity contribution in [3.8, 4) is 5.75 Å². The van der Waals surface area contributed by atoms with Crippen LogP contribution in [0.25, 0.3) is 0 Å². The van der Waals surface area contributed by atoms with Crippen LogP contribution in [0.15, 0.2) is 24.3 Å². The highest BCUT2D eigenvalue weighted by molar-refractivity contribution is 9.10. The van der Waals surface area contributed by atoms with Crippen LogP contribution in [0.4, 0.5) is 0 Å². The third-order valence-electron chi connectivity index (χ3n) is 1.63. The Balaban J connectivity index is 2.25. The number of hydrogen-bond donors (Lipinski definition) is 0. The van der Waals surface area contributed by atoms with E-state index in [9.17, 15) is 0 Å². The third-order valence-corrected chi connectivity index (χ3v) is 2.54. The van der Waals surface area contributed by atoms with Crippen LogP contribution < -0.4 is 4.74 Å². The number of alkyl halides is 2. The Morgan fingerprint density at radius 2 is 2.21 bits per heavy atom. The predicted octanol–water partition coefficient (Wildman–Crippen LogP) is 4.46. The number of ether oxygens (including phenoxy) is 1. The topological polar surface area (TPSA) is 9.23 Å². The summed E-state index contributed by atoms with van der Waals surface area (Å²) in [6, 6.07) is 7.38. The summed E-state index contributed by atoms with van der Waals surface area (Å²) in [6.45, 7) is 0.662. The quantitative estimate of drug-likeness (QED) is 0.576. The Morgan fingerprint density at radius 3 is 2.86 bits per heavy atom. The number of rotatable bonds is 5. The molecule has 0 bridgehead atoms. The first-order chi connectivity index (χ1) is 6.68. The molecule has 0 amide bonds. The summed E-state index contributed by atoms with van der Waals surface area (Å²) < 4.78 is 5.51. The summed E-state index contributed by atoms with van der Waals surface area (Å²) >= 11 is 14.8. The average molecular weight is 298 g/mol. The van der Waals surface area contributed by atoms with Crippen molar-refractivity contribution in [1.82, 2.24) is 0 Å². The van der Waals surface area contributed by atoms with E-state index in [1.54, 1.807) is 6.07 Å². The minimum Gasteiger partial charge on any atom is -0.494 e. The van der Waals surface area contributed by atoms with Gasteiger partial charge in [-0.15, -0.1) is 11.6 Å². The maximum atomic E-state index is 5.80. The molecule has 1 unspecified atom stereocenters. The lowest BCUT2D eigenvalue weighted by Gasteiger charge is -2.06. The van der Waals surface area contributed by atoms with Gasteiger partial charge in [0.1, 0.15) is 5.75 Å². The molecule has 1 nitrogen and oxygen atoms in total. The molecule has 0 saturated heterocycles. The Kier molecular flexibility index (Phi) is 5.68. The van der Waals surface area contributed by atoms with E-state index in [2.05, 4.69) is 15.9 Å². The van der Waals surface area contributed by atoms with Crippen molar-refractivity contribution in [3.63, 3.8) is 0 Å². The Labute approximate surface area is 102 Å². The molecule has 0 aliphatic carbocycles. The third kappa shape index (κ3) is 5.08. The first-order valence-corrected chi connectivity index (χ1v) is 6.08. The van der Waals surface area contributed by atoms with E-state index in [-0.39, 0.29) is 4.29 Å². The highest BCUT2D eigenvalue weighted by Gasteiger charge is 1.98.